The Kier molecular flexibility index (Phi) is 4.63. The molecule has 0 saturated carbocycles. The summed E-state index contributed by atoms with van der Waals surface area (Å²) in [4.78, 5) is 23.5. The number of carbonyl (C=O) groups is 2. The SMILES string of the molecule is CCCC(=O)N(CC(=O)O)c1cccc(F)c1. The van der Waals surface area contributed by atoms with E-state index in [2.05, 4.69) is 0 Å². The summed E-state index contributed by atoms with van der Waals surface area (Å²) in [5, 5.41) is 8.74. The first-order chi connectivity index (χ1) is 8.04. The maximum absolute atomic E-state index is 13.0. The molecule has 0 fully saturated rings. The van der Waals surface area contributed by atoms with Gasteiger partial charge in [0.15, 0.2) is 0 Å². The average Bonchev–Trinajstić information content (AvgIpc) is 2.26. The average molecular weight is 239 g/mol. The molecule has 1 aromatic carbocycles. The number of rotatable bonds is 5. The van der Waals surface area contributed by atoms with E-state index in [9.17, 15) is 14.0 Å². The maximum Gasteiger partial charge on any atom is 0.323 e. The standard InChI is InChI=1S/C12H14FNO3/c1-2-4-11(15)14(8-12(16)17)10-6-3-5-9(13)7-10/h3,5-7H,2,4,8H2,1H3,(H,16,17). The second-order valence-electron chi connectivity index (χ2n) is 3.60. The van der Waals surface area contributed by atoms with E-state index in [-0.39, 0.29) is 18.0 Å². The number of halogens is 1. The van der Waals surface area contributed by atoms with Crippen LogP contribution in [0.4, 0.5) is 10.1 Å². The van der Waals surface area contributed by atoms with Gasteiger partial charge in [-0.3, -0.25) is 9.59 Å². The maximum atomic E-state index is 13.0. The van der Waals surface area contributed by atoms with Crippen LogP contribution < -0.4 is 4.90 Å². The van der Waals surface area contributed by atoms with E-state index in [4.69, 9.17) is 5.11 Å². The van der Waals surface area contributed by atoms with Crippen molar-refractivity contribution in [3.05, 3.63) is 30.1 Å². The third-order valence-corrected chi connectivity index (χ3v) is 2.18. The zero-order valence-corrected chi connectivity index (χ0v) is 9.52. The second kappa shape index (κ2) is 5.98. The lowest BCUT2D eigenvalue weighted by molar-refractivity contribution is -0.136. The zero-order chi connectivity index (χ0) is 12.8. The minimum atomic E-state index is -1.13. The highest BCUT2D eigenvalue weighted by atomic mass is 19.1. The fraction of sp³-hybridized carbons (Fsp3) is 0.333. The first-order valence-electron chi connectivity index (χ1n) is 5.32. The molecule has 5 heteroatoms. The molecule has 17 heavy (non-hydrogen) atoms. The lowest BCUT2D eigenvalue weighted by atomic mass is 10.2. The Morgan fingerprint density at radius 1 is 1.41 bits per heavy atom. The zero-order valence-electron chi connectivity index (χ0n) is 9.52. The predicted octanol–water partition coefficient (Wildman–Crippen LogP) is 2.04. The van der Waals surface area contributed by atoms with Crippen molar-refractivity contribution in [2.24, 2.45) is 0 Å². The molecule has 1 aromatic rings. The molecule has 0 aromatic heterocycles. The minimum absolute atomic E-state index is 0.240. The Labute approximate surface area is 98.7 Å². The third-order valence-electron chi connectivity index (χ3n) is 2.18. The van der Waals surface area contributed by atoms with E-state index in [0.29, 0.717) is 6.42 Å². The van der Waals surface area contributed by atoms with Crippen LogP contribution in [0.1, 0.15) is 19.8 Å². The lowest BCUT2D eigenvalue weighted by Crippen LogP contribution is -2.35. The van der Waals surface area contributed by atoms with Crippen LogP contribution in [0.15, 0.2) is 24.3 Å². The van der Waals surface area contributed by atoms with Crippen molar-refractivity contribution in [1.82, 2.24) is 0 Å². The molecule has 0 aliphatic rings. The molecular formula is C12H14FNO3. The summed E-state index contributed by atoms with van der Waals surface area (Å²) in [5.74, 6) is -1.94. The van der Waals surface area contributed by atoms with E-state index in [1.165, 1.54) is 18.2 Å². The number of aliphatic carboxylic acids is 1. The first-order valence-corrected chi connectivity index (χ1v) is 5.32. The van der Waals surface area contributed by atoms with Crippen LogP contribution in [0.2, 0.25) is 0 Å². The predicted molar refractivity (Wildman–Crippen MR) is 61.3 cm³/mol. The Morgan fingerprint density at radius 2 is 2.12 bits per heavy atom. The molecule has 0 radical (unpaired) electrons. The summed E-state index contributed by atoms with van der Waals surface area (Å²) in [6.45, 7) is 1.37. The van der Waals surface area contributed by atoms with Crippen LogP contribution in [0.25, 0.3) is 0 Å². The molecule has 0 aliphatic carbocycles. The molecule has 0 aliphatic heterocycles. The Hall–Kier alpha value is -1.91. The van der Waals surface area contributed by atoms with Crippen molar-refractivity contribution >= 4 is 17.6 Å². The van der Waals surface area contributed by atoms with Gasteiger partial charge in [0.05, 0.1) is 0 Å². The van der Waals surface area contributed by atoms with Gasteiger partial charge in [-0.25, -0.2) is 4.39 Å². The van der Waals surface area contributed by atoms with Crippen LogP contribution in [-0.4, -0.2) is 23.5 Å². The molecule has 4 nitrogen and oxygen atoms in total. The highest BCUT2D eigenvalue weighted by molar-refractivity contribution is 5.97. The van der Waals surface area contributed by atoms with Crippen molar-refractivity contribution in [3.63, 3.8) is 0 Å². The number of benzene rings is 1. The number of hydrogen-bond acceptors (Lipinski definition) is 2. The monoisotopic (exact) mass is 239 g/mol. The van der Waals surface area contributed by atoms with Crippen LogP contribution >= 0.6 is 0 Å². The minimum Gasteiger partial charge on any atom is -0.480 e. The van der Waals surface area contributed by atoms with Gasteiger partial charge in [-0.15, -0.1) is 0 Å². The van der Waals surface area contributed by atoms with Gasteiger partial charge in [-0.2, -0.15) is 0 Å². The van der Waals surface area contributed by atoms with Gasteiger partial charge in [0.25, 0.3) is 0 Å². The van der Waals surface area contributed by atoms with Crippen LogP contribution in [0.5, 0.6) is 0 Å². The molecule has 1 rings (SSSR count). The van der Waals surface area contributed by atoms with E-state index in [1.807, 2.05) is 6.92 Å². The van der Waals surface area contributed by atoms with Gasteiger partial charge in [-0.05, 0) is 24.6 Å². The van der Waals surface area contributed by atoms with E-state index in [0.717, 1.165) is 11.0 Å². The van der Waals surface area contributed by atoms with E-state index in [1.54, 1.807) is 0 Å². The summed E-state index contributed by atoms with van der Waals surface area (Å²) in [6.07, 6.45) is 0.855. The smallest absolute Gasteiger partial charge is 0.323 e. The second-order valence-corrected chi connectivity index (χ2v) is 3.60. The Balaban J connectivity index is 2.97. The third kappa shape index (κ3) is 3.86. The molecule has 0 saturated heterocycles. The number of nitrogens with zero attached hydrogens (tertiary/aromatic N) is 1. The molecule has 92 valence electrons. The number of anilines is 1. The van der Waals surface area contributed by atoms with Crippen molar-refractivity contribution in [3.8, 4) is 0 Å². The summed E-state index contributed by atoms with van der Waals surface area (Å²) < 4.78 is 13.0. The van der Waals surface area contributed by atoms with Crippen molar-refractivity contribution in [2.75, 3.05) is 11.4 Å². The number of carboxylic acids is 1. The van der Waals surface area contributed by atoms with Gasteiger partial charge in [-0.1, -0.05) is 13.0 Å². The highest BCUT2D eigenvalue weighted by Crippen LogP contribution is 2.16. The van der Waals surface area contributed by atoms with E-state index < -0.39 is 18.3 Å². The van der Waals surface area contributed by atoms with Gasteiger partial charge >= 0.3 is 5.97 Å². The number of carbonyl (C=O) groups excluding carboxylic acids is 1. The normalized spacial score (nSPS) is 10.0. The van der Waals surface area contributed by atoms with Crippen molar-refractivity contribution < 1.29 is 19.1 Å². The fourth-order valence-electron chi connectivity index (χ4n) is 1.45. The summed E-state index contributed by atoms with van der Waals surface area (Å²) >= 11 is 0. The van der Waals surface area contributed by atoms with Gasteiger partial charge < -0.3 is 10.0 Å². The summed E-state index contributed by atoms with van der Waals surface area (Å²) in [6, 6.07) is 5.35. The number of amides is 1. The summed E-state index contributed by atoms with van der Waals surface area (Å²) in [7, 11) is 0. The van der Waals surface area contributed by atoms with Crippen molar-refractivity contribution in [2.45, 2.75) is 19.8 Å². The van der Waals surface area contributed by atoms with Gasteiger partial charge in [0.1, 0.15) is 12.4 Å². The fourth-order valence-corrected chi connectivity index (χ4v) is 1.45. The highest BCUT2D eigenvalue weighted by Gasteiger charge is 2.18. The van der Waals surface area contributed by atoms with Crippen LogP contribution in [0, 0.1) is 5.82 Å². The number of carboxylic acid groups (broad SMARTS) is 1. The molecule has 0 spiro atoms. The molecule has 1 N–H and O–H groups in total. The van der Waals surface area contributed by atoms with Crippen molar-refractivity contribution in [1.29, 1.82) is 0 Å². The Morgan fingerprint density at radius 3 is 2.65 bits per heavy atom. The first kappa shape index (κ1) is 13.2. The Bertz CT molecular complexity index is 420. The van der Waals surface area contributed by atoms with Crippen LogP contribution in [-0.2, 0) is 9.59 Å². The van der Waals surface area contributed by atoms with Gasteiger partial charge in [0.2, 0.25) is 5.91 Å². The van der Waals surface area contributed by atoms with Gasteiger partial charge in [0, 0.05) is 12.1 Å². The molecule has 1 amide bonds. The molecule has 0 heterocycles. The largest absolute Gasteiger partial charge is 0.480 e. The number of hydrogen-bond donors (Lipinski definition) is 1. The quantitative estimate of drug-likeness (QED) is 0.855. The molecule has 0 unspecified atom stereocenters. The molecular weight excluding hydrogens is 225 g/mol. The summed E-state index contributed by atoms with van der Waals surface area (Å²) in [5.41, 5.74) is 0.269. The molecule has 0 bridgehead atoms. The van der Waals surface area contributed by atoms with E-state index >= 15 is 0 Å². The lowest BCUT2D eigenvalue weighted by Gasteiger charge is -2.20. The molecule has 0 atom stereocenters. The topological polar surface area (TPSA) is 57.6 Å². The van der Waals surface area contributed by atoms with Crippen LogP contribution in [0.3, 0.4) is 0 Å².